The van der Waals surface area contributed by atoms with E-state index in [9.17, 15) is 14.7 Å². The molecule has 1 fully saturated rings. The van der Waals surface area contributed by atoms with E-state index >= 15 is 0 Å². The number of aliphatic hydroxyl groups excluding tert-OH is 1. The quantitative estimate of drug-likeness (QED) is 0.636. The highest BCUT2D eigenvalue weighted by molar-refractivity contribution is 7.12. The van der Waals surface area contributed by atoms with Crippen molar-refractivity contribution in [2.75, 3.05) is 18.5 Å². The molecule has 0 spiro atoms. The Hall–Kier alpha value is -3.07. The monoisotopic (exact) mass is 423 g/mol. The lowest BCUT2D eigenvalue weighted by Crippen LogP contribution is -2.51. The maximum atomic E-state index is 12.4. The van der Waals surface area contributed by atoms with Crippen molar-refractivity contribution in [2.24, 2.45) is 0 Å². The van der Waals surface area contributed by atoms with Gasteiger partial charge >= 0.3 is 0 Å². The molecule has 1 aliphatic heterocycles. The second-order valence-corrected chi connectivity index (χ2v) is 7.87. The Morgan fingerprint density at radius 2 is 2.07 bits per heavy atom. The van der Waals surface area contributed by atoms with Gasteiger partial charge in [0.15, 0.2) is 0 Å². The van der Waals surface area contributed by atoms with Gasteiger partial charge in [-0.05, 0) is 41.3 Å². The third kappa shape index (κ3) is 4.56. The van der Waals surface area contributed by atoms with E-state index < -0.39 is 12.1 Å². The van der Waals surface area contributed by atoms with Crippen LogP contribution in [0.15, 0.2) is 66.2 Å². The van der Waals surface area contributed by atoms with Crippen molar-refractivity contribution in [1.29, 1.82) is 0 Å². The summed E-state index contributed by atoms with van der Waals surface area (Å²) in [5, 5.41) is 15.6. The Morgan fingerprint density at radius 1 is 1.23 bits per heavy atom. The van der Waals surface area contributed by atoms with Crippen LogP contribution < -0.4 is 5.32 Å². The number of ether oxygens (including phenoxy) is 1. The molecule has 4 rings (SSSR count). The van der Waals surface area contributed by atoms with Gasteiger partial charge in [0, 0.05) is 11.9 Å². The molecule has 0 radical (unpaired) electrons. The molecule has 7 nitrogen and oxygen atoms in total. The van der Waals surface area contributed by atoms with Crippen molar-refractivity contribution >= 4 is 28.8 Å². The molecule has 2 aromatic heterocycles. The second-order valence-electron chi connectivity index (χ2n) is 6.92. The molecule has 2 N–H and O–H groups in total. The van der Waals surface area contributed by atoms with Gasteiger partial charge in [0.2, 0.25) is 5.91 Å². The molecule has 0 bridgehead atoms. The van der Waals surface area contributed by atoms with Crippen LogP contribution in [0.1, 0.15) is 27.0 Å². The van der Waals surface area contributed by atoms with Gasteiger partial charge in [0.25, 0.3) is 5.91 Å². The predicted octanol–water partition coefficient (Wildman–Crippen LogP) is 2.86. The summed E-state index contributed by atoms with van der Waals surface area (Å²) in [4.78, 5) is 31.1. The number of amides is 2. The van der Waals surface area contributed by atoms with Crippen molar-refractivity contribution in [3.8, 4) is 0 Å². The van der Waals surface area contributed by atoms with Gasteiger partial charge in [-0.3, -0.25) is 14.6 Å². The normalized spacial score (nSPS) is 17.6. The van der Waals surface area contributed by atoms with Crippen LogP contribution in [0.5, 0.6) is 0 Å². The molecule has 2 amide bonds. The van der Waals surface area contributed by atoms with E-state index in [2.05, 4.69) is 10.3 Å². The molecule has 0 saturated carbocycles. The number of aromatic nitrogens is 1. The number of rotatable bonds is 6. The van der Waals surface area contributed by atoms with E-state index in [1.807, 2.05) is 29.6 Å². The lowest BCUT2D eigenvalue weighted by atomic mass is 9.99. The van der Waals surface area contributed by atoms with E-state index in [-0.39, 0.29) is 25.0 Å². The fourth-order valence-electron chi connectivity index (χ4n) is 3.34. The first-order chi connectivity index (χ1) is 14.6. The minimum atomic E-state index is -0.931. The molecule has 1 aliphatic rings. The van der Waals surface area contributed by atoms with Gasteiger partial charge in [-0.25, -0.2) is 0 Å². The van der Waals surface area contributed by atoms with Crippen LogP contribution in [0.3, 0.4) is 0 Å². The van der Waals surface area contributed by atoms with Crippen molar-refractivity contribution in [2.45, 2.75) is 18.7 Å². The largest absolute Gasteiger partial charge is 0.386 e. The molecule has 30 heavy (non-hydrogen) atoms. The van der Waals surface area contributed by atoms with E-state index in [0.29, 0.717) is 22.7 Å². The Bertz CT molecular complexity index is 993. The molecule has 154 valence electrons. The number of nitrogens with zero attached hydrogens (tertiary/aromatic N) is 2. The zero-order valence-electron chi connectivity index (χ0n) is 16.1. The zero-order chi connectivity index (χ0) is 20.9. The fourth-order valence-corrected chi connectivity index (χ4v) is 3.96. The Kier molecular flexibility index (Phi) is 6.18. The highest BCUT2D eigenvalue weighted by Gasteiger charge is 2.34. The lowest BCUT2D eigenvalue weighted by Gasteiger charge is -2.38. The number of thiophene rings is 1. The molecule has 8 heteroatoms. The van der Waals surface area contributed by atoms with Gasteiger partial charge in [0.1, 0.15) is 12.7 Å². The number of carbonyl (C=O) groups is 2. The number of nitrogens with one attached hydrogen (secondary N) is 1. The van der Waals surface area contributed by atoms with Gasteiger partial charge in [-0.15, -0.1) is 11.3 Å². The molecular formula is C22H21N3O4S. The van der Waals surface area contributed by atoms with E-state index in [0.717, 1.165) is 5.69 Å². The highest BCUT2D eigenvalue weighted by atomic mass is 32.1. The molecule has 3 heterocycles. The summed E-state index contributed by atoms with van der Waals surface area (Å²) in [5.74, 6) is -0.359. The number of anilines is 1. The summed E-state index contributed by atoms with van der Waals surface area (Å²) in [5.41, 5.74) is 2.01. The summed E-state index contributed by atoms with van der Waals surface area (Å²) in [6.07, 6.45) is 0.745. The number of carbonyl (C=O) groups excluding carboxylic acids is 2. The SMILES string of the molecule is O=C(Nc1ccc([C@@H](O)[C@H]2COCC(=O)N2Cc2ccccn2)cc1)c1cccs1. The van der Waals surface area contributed by atoms with Crippen LogP contribution >= 0.6 is 11.3 Å². The maximum absolute atomic E-state index is 12.4. The zero-order valence-corrected chi connectivity index (χ0v) is 16.9. The van der Waals surface area contributed by atoms with Crippen molar-refractivity contribution in [3.63, 3.8) is 0 Å². The third-order valence-electron chi connectivity index (χ3n) is 4.91. The highest BCUT2D eigenvalue weighted by Crippen LogP contribution is 2.26. The second kappa shape index (κ2) is 9.17. The van der Waals surface area contributed by atoms with Crippen LogP contribution in [-0.4, -0.2) is 46.1 Å². The number of pyridine rings is 1. The molecule has 1 saturated heterocycles. The summed E-state index contributed by atoms with van der Waals surface area (Å²) < 4.78 is 5.40. The van der Waals surface area contributed by atoms with E-state index in [4.69, 9.17) is 4.74 Å². The minimum absolute atomic E-state index is 0.0102. The maximum Gasteiger partial charge on any atom is 0.265 e. The number of hydrogen-bond donors (Lipinski definition) is 2. The standard InChI is InChI=1S/C22H21N3O4S/c26-20-14-29-13-18(25(20)12-17-4-1-2-10-23-17)21(27)15-6-8-16(9-7-15)24-22(28)19-5-3-11-30-19/h1-11,18,21,27H,12-14H2,(H,24,28)/t18-,21-/m1/s1. The molecule has 3 aromatic rings. The van der Waals surface area contributed by atoms with Gasteiger partial charge in [-0.2, -0.15) is 0 Å². The minimum Gasteiger partial charge on any atom is -0.386 e. The van der Waals surface area contributed by atoms with Crippen LogP contribution in [-0.2, 0) is 16.1 Å². The summed E-state index contributed by atoms with van der Waals surface area (Å²) >= 11 is 1.37. The number of hydrogen-bond acceptors (Lipinski definition) is 6. The van der Waals surface area contributed by atoms with Gasteiger partial charge in [0.05, 0.1) is 29.8 Å². The summed E-state index contributed by atoms with van der Waals surface area (Å²) in [6.45, 7) is 0.528. The van der Waals surface area contributed by atoms with Crippen molar-refractivity contribution in [3.05, 3.63) is 82.3 Å². The number of benzene rings is 1. The summed E-state index contributed by atoms with van der Waals surface area (Å²) in [6, 6.07) is 15.5. The molecule has 0 unspecified atom stereocenters. The van der Waals surface area contributed by atoms with Crippen LogP contribution in [0.4, 0.5) is 5.69 Å². The lowest BCUT2D eigenvalue weighted by molar-refractivity contribution is -0.155. The Labute approximate surface area is 177 Å². The predicted molar refractivity (Wildman–Crippen MR) is 113 cm³/mol. The number of aliphatic hydroxyl groups is 1. The molecule has 2 atom stereocenters. The molecular weight excluding hydrogens is 402 g/mol. The van der Waals surface area contributed by atoms with Crippen molar-refractivity contribution in [1.82, 2.24) is 9.88 Å². The molecule has 0 aliphatic carbocycles. The van der Waals surface area contributed by atoms with Crippen molar-refractivity contribution < 1.29 is 19.4 Å². The summed E-state index contributed by atoms with van der Waals surface area (Å²) in [7, 11) is 0. The van der Waals surface area contributed by atoms with E-state index in [1.165, 1.54) is 11.3 Å². The Morgan fingerprint density at radius 3 is 2.77 bits per heavy atom. The van der Waals surface area contributed by atoms with Gasteiger partial charge < -0.3 is 20.1 Å². The smallest absolute Gasteiger partial charge is 0.265 e. The first-order valence-electron chi connectivity index (χ1n) is 9.52. The Balaban J connectivity index is 1.47. The fraction of sp³-hybridized carbons (Fsp3) is 0.227. The van der Waals surface area contributed by atoms with E-state index in [1.54, 1.807) is 41.4 Å². The van der Waals surface area contributed by atoms with Gasteiger partial charge in [-0.1, -0.05) is 24.3 Å². The van der Waals surface area contributed by atoms with Crippen LogP contribution in [0.2, 0.25) is 0 Å². The topological polar surface area (TPSA) is 91.8 Å². The first-order valence-corrected chi connectivity index (χ1v) is 10.4. The average molecular weight is 423 g/mol. The van der Waals surface area contributed by atoms with Crippen LogP contribution in [0.25, 0.3) is 0 Å². The number of morpholine rings is 1. The first kappa shape index (κ1) is 20.2. The van der Waals surface area contributed by atoms with Crippen LogP contribution in [0, 0.1) is 0 Å². The molecule has 1 aromatic carbocycles. The third-order valence-corrected chi connectivity index (χ3v) is 5.78. The average Bonchev–Trinajstić information content (AvgIpc) is 3.31.